The lowest BCUT2D eigenvalue weighted by Crippen LogP contribution is -1.97. The number of benzene rings is 2. The Kier molecular flexibility index (Phi) is 4.79. The van der Waals surface area contributed by atoms with Crippen LogP contribution >= 0.6 is 11.6 Å². The summed E-state index contributed by atoms with van der Waals surface area (Å²) in [6.45, 7) is 4.33. The zero-order valence-corrected chi connectivity index (χ0v) is 15.3. The maximum atomic E-state index is 11.6. The molecule has 0 aliphatic rings. The van der Waals surface area contributed by atoms with E-state index in [0.717, 1.165) is 22.4 Å². The van der Waals surface area contributed by atoms with E-state index in [1.807, 2.05) is 30.5 Å². The molecule has 0 aliphatic carbocycles. The molecular formula is C19H17ClN2O2S. The number of allylic oxidation sites excluding steroid dienone is 1. The van der Waals surface area contributed by atoms with E-state index in [4.69, 9.17) is 11.6 Å². The Morgan fingerprint density at radius 3 is 2.24 bits per heavy atom. The van der Waals surface area contributed by atoms with Gasteiger partial charge in [-0.05, 0) is 29.8 Å². The first-order valence-corrected chi connectivity index (χ1v) is 9.90. The maximum absolute atomic E-state index is 11.6. The SMILES string of the molecule is C=CCn1cc(-c2ccc(Cl)cc2)c(-c2ccc(S(C)(=O)=O)cc2)n1. The first-order valence-electron chi connectivity index (χ1n) is 7.63. The minimum absolute atomic E-state index is 0.287. The van der Waals surface area contributed by atoms with Crippen molar-refractivity contribution < 1.29 is 8.42 Å². The van der Waals surface area contributed by atoms with Gasteiger partial charge in [0.15, 0.2) is 9.84 Å². The number of hydrogen-bond acceptors (Lipinski definition) is 3. The summed E-state index contributed by atoms with van der Waals surface area (Å²) < 4.78 is 25.1. The summed E-state index contributed by atoms with van der Waals surface area (Å²) in [4.78, 5) is 0.287. The summed E-state index contributed by atoms with van der Waals surface area (Å²) in [5.74, 6) is 0. The van der Waals surface area contributed by atoms with E-state index in [1.165, 1.54) is 6.26 Å². The maximum Gasteiger partial charge on any atom is 0.175 e. The van der Waals surface area contributed by atoms with Crippen molar-refractivity contribution in [3.05, 3.63) is 72.4 Å². The minimum atomic E-state index is -3.23. The molecule has 0 spiro atoms. The smallest absolute Gasteiger partial charge is 0.175 e. The predicted molar refractivity (Wildman–Crippen MR) is 101 cm³/mol. The topological polar surface area (TPSA) is 52.0 Å². The molecule has 0 bridgehead atoms. The van der Waals surface area contributed by atoms with Crippen molar-refractivity contribution in [1.82, 2.24) is 9.78 Å². The quantitative estimate of drug-likeness (QED) is 0.621. The Hall–Kier alpha value is -2.37. The van der Waals surface area contributed by atoms with Crippen molar-refractivity contribution in [3.63, 3.8) is 0 Å². The molecule has 3 rings (SSSR count). The predicted octanol–water partition coefficient (Wildman–Crippen LogP) is 4.46. The fourth-order valence-corrected chi connectivity index (χ4v) is 3.32. The molecule has 0 amide bonds. The van der Waals surface area contributed by atoms with E-state index < -0.39 is 9.84 Å². The number of nitrogens with zero attached hydrogens (tertiary/aromatic N) is 2. The van der Waals surface area contributed by atoms with Crippen LogP contribution in [0.4, 0.5) is 0 Å². The van der Waals surface area contributed by atoms with Crippen LogP contribution in [0.5, 0.6) is 0 Å². The van der Waals surface area contributed by atoms with E-state index in [-0.39, 0.29) is 4.90 Å². The van der Waals surface area contributed by atoms with Crippen LogP contribution in [-0.2, 0) is 16.4 Å². The van der Waals surface area contributed by atoms with Crippen LogP contribution in [0, 0.1) is 0 Å². The van der Waals surface area contributed by atoms with Gasteiger partial charge in [0.2, 0.25) is 0 Å². The highest BCUT2D eigenvalue weighted by molar-refractivity contribution is 7.90. The number of hydrogen-bond donors (Lipinski definition) is 0. The Morgan fingerprint density at radius 2 is 1.68 bits per heavy atom. The molecule has 2 aromatic carbocycles. The molecule has 0 aliphatic heterocycles. The molecule has 0 fully saturated rings. The van der Waals surface area contributed by atoms with Gasteiger partial charge in [-0.3, -0.25) is 4.68 Å². The molecule has 0 saturated carbocycles. The summed E-state index contributed by atoms with van der Waals surface area (Å²) in [5.41, 5.74) is 3.57. The summed E-state index contributed by atoms with van der Waals surface area (Å²) in [6, 6.07) is 14.3. The standard InChI is InChI=1S/C19H17ClN2O2S/c1-3-12-22-13-18(14-4-8-16(20)9-5-14)19(21-22)15-6-10-17(11-7-15)25(2,23)24/h3-11,13H,1,12H2,2H3. The molecule has 0 unspecified atom stereocenters. The first-order chi connectivity index (χ1) is 11.9. The highest BCUT2D eigenvalue weighted by Gasteiger charge is 2.14. The molecule has 0 radical (unpaired) electrons. The molecular weight excluding hydrogens is 356 g/mol. The van der Waals surface area contributed by atoms with Crippen molar-refractivity contribution in [2.24, 2.45) is 0 Å². The van der Waals surface area contributed by atoms with Crippen LogP contribution in [0.3, 0.4) is 0 Å². The van der Waals surface area contributed by atoms with Crippen LogP contribution in [0.1, 0.15) is 0 Å². The second-order valence-electron chi connectivity index (χ2n) is 5.71. The van der Waals surface area contributed by atoms with Gasteiger partial charge >= 0.3 is 0 Å². The molecule has 0 N–H and O–H groups in total. The summed E-state index contributed by atoms with van der Waals surface area (Å²) in [7, 11) is -3.23. The lowest BCUT2D eigenvalue weighted by Gasteiger charge is -2.04. The number of aromatic nitrogens is 2. The van der Waals surface area contributed by atoms with Crippen molar-refractivity contribution in [3.8, 4) is 22.4 Å². The molecule has 25 heavy (non-hydrogen) atoms. The Labute approximate surface area is 152 Å². The third-order valence-corrected chi connectivity index (χ3v) is 5.17. The van der Waals surface area contributed by atoms with Gasteiger partial charge in [-0.15, -0.1) is 6.58 Å². The molecule has 0 saturated heterocycles. The molecule has 0 atom stereocenters. The summed E-state index contributed by atoms with van der Waals surface area (Å²) in [6.07, 6.45) is 4.92. The second-order valence-corrected chi connectivity index (χ2v) is 8.16. The Bertz CT molecular complexity index is 1000. The molecule has 4 nitrogen and oxygen atoms in total. The number of sulfone groups is 1. The van der Waals surface area contributed by atoms with Gasteiger partial charge in [0.05, 0.1) is 11.4 Å². The Balaban J connectivity index is 2.11. The zero-order chi connectivity index (χ0) is 18.0. The molecule has 128 valence electrons. The summed E-state index contributed by atoms with van der Waals surface area (Å²) in [5, 5.41) is 5.29. The average Bonchev–Trinajstić information content (AvgIpc) is 2.99. The third-order valence-electron chi connectivity index (χ3n) is 3.79. The monoisotopic (exact) mass is 372 g/mol. The van der Waals surface area contributed by atoms with Crippen LogP contribution < -0.4 is 0 Å². The first kappa shape index (κ1) is 17.5. The molecule has 6 heteroatoms. The Morgan fingerprint density at radius 1 is 1.08 bits per heavy atom. The van der Waals surface area contributed by atoms with E-state index in [2.05, 4.69) is 11.7 Å². The van der Waals surface area contributed by atoms with Gasteiger partial charge in [0.1, 0.15) is 5.69 Å². The van der Waals surface area contributed by atoms with Crippen LogP contribution in [0.15, 0.2) is 72.3 Å². The van der Waals surface area contributed by atoms with Gasteiger partial charge in [0.25, 0.3) is 0 Å². The van der Waals surface area contributed by atoms with E-state index in [9.17, 15) is 8.42 Å². The fourth-order valence-electron chi connectivity index (χ4n) is 2.56. The second kappa shape index (κ2) is 6.86. The van der Waals surface area contributed by atoms with Gasteiger partial charge in [-0.1, -0.05) is 41.9 Å². The zero-order valence-electron chi connectivity index (χ0n) is 13.7. The highest BCUT2D eigenvalue weighted by Crippen LogP contribution is 2.32. The number of halogens is 1. The van der Waals surface area contributed by atoms with Crippen molar-refractivity contribution in [2.45, 2.75) is 11.4 Å². The van der Waals surface area contributed by atoms with E-state index in [0.29, 0.717) is 11.6 Å². The van der Waals surface area contributed by atoms with E-state index >= 15 is 0 Å². The van der Waals surface area contributed by atoms with Crippen molar-refractivity contribution in [1.29, 1.82) is 0 Å². The van der Waals surface area contributed by atoms with Gasteiger partial charge in [0, 0.05) is 28.6 Å². The third kappa shape index (κ3) is 3.83. The fraction of sp³-hybridized carbons (Fsp3) is 0.105. The highest BCUT2D eigenvalue weighted by atomic mass is 35.5. The van der Waals surface area contributed by atoms with Gasteiger partial charge in [-0.25, -0.2) is 8.42 Å². The van der Waals surface area contributed by atoms with E-state index in [1.54, 1.807) is 35.0 Å². The van der Waals surface area contributed by atoms with Gasteiger partial charge < -0.3 is 0 Å². The molecule has 3 aromatic rings. The van der Waals surface area contributed by atoms with Crippen LogP contribution in [-0.4, -0.2) is 24.5 Å². The average molecular weight is 373 g/mol. The molecule has 1 aromatic heterocycles. The van der Waals surface area contributed by atoms with Crippen molar-refractivity contribution in [2.75, 3.05) is 6.26 Å². The normalized spacial score (nSPS) is 11.4. The van der Waals surface area contributed by atoms with Crippen LogP contribution in [0.25, 0.3) is 22.4 Å². The van der Waals surface area contributed by atoms with Gasteiger partial charge in [-0.2, -0.15) is 5.10 Å². The number of rotatable bonds is 5. The van der Waals surface area contributed by atoms with Crippen LogP contribution in [0.2, 0.25) is 5.02 Å². The largest absolute Gasteiger partial charge is 0.268 e. The summed E-state index contributed by atoms with van der Waals surface area (Å²) >= 11 is 5.98. The van der Waals surface area contributed by atoms with Crippen molar-refractivity contribution >= 4 is 21.4 Å². The lowest BCUT2D eigenvalue weighted by molar-refractivity contribution is 0.602. The molecule has 1 heterocycles. The minimum Gasteiger partial charge on any atom is -0.268 e. The lowest BCUT2D eigenvalue weighted by atomic mass is 10.0.